The number of nitrogens with one attached hydrogen (secondary N) is 2. The minimum absolute atomic E-state index is 0.00160. The summed E-state index contributed by atoms with van der Waals surface area (Å²) < 4.78 is 18.9. The molecule has 0 saturated heterocycles. The summed E-state index contributed by atoms with van der Waals surface area (Å²) in [6.45, 7) is 0. The normalized spacial score (nSPS) is 14.3. The summed E-state index contributed by atoms with van der Waals surface area (Å²) in [5.41, 5.74) is 8.82. The molecular formula is C30H29N4O5P. The van der Waals surface area contributed by atoms with Crippen LogP contribution in [0.3, 0.4) is 0 Å². The van der Waals surface area contributed by atoms with Gasteiger partial charge in [0.2, 0.25) is 19.2 Å². The number of carbonyl (C=O) groups is 2. The van der Waals surface area contributed by atoms with Gasteiger partial charge >= 0.3 is 0 Å². The second kappa shape index (κ2) is 11.7. The molecule has 10 heteroatoms. The van der Waals surface area contributed by atoms with Crippen LogP contribution in [0.2, 0.25) is 0 Å². The number of carbonyl (C=O) groups excluding carboxylic acids is 2. The Labute approximate surface area is 230 Å². The van der Waals surface area contributed by atoms with Crippen molar-refractivity contribution in [2.24, 2.45) is 11.7 Å². The number of aromatic amines is 1. The maximum atomic E-state index is 13.6. The lowest BCUT2D eigenvalue weighted by Crippen LogP contribution is -2.48. The van der Waals surface area contributed by atoms with Crippen LogP contribution in [-0.4, -0.2) is 39.1 Å². The highest BCUT2D eigenvalue weighted by Gasteiger charge is 2.33. The van der Waals surface area contributed by atoms with Gasteiger partial charge in [0.05, 0.1) is 5.92 Å². The van der Waals surface area contributed by atoms with E-state index >= 15 is 0 Å². The molecule has 0 bridgehead atoms. The zero-order chi connectivity index (χ0) is 28.1. The fourth-order valence-electron chi connectivity index (χ4n) is 4.73. The predicted octanol–water partition coefficient (Wildman–Crippen LogP) is 3.79. The van der Waals surface area contributed by atoms with Crippen molar-refractivity contribution in [2.45, 2.75) is 18.9 Å². The molecule has 0 aliphatic heterocycles. The third-order valence-electron chi connectivity index (χ3n) is 6.83. The summed E-state index contributed by atoms with van der Waals surface area (Å²) in [6, 6.07) is 25.9. The minimum atomic E-state index is -3.94. The van der Waals surface area contributed by atoms with Gasteiger partial charge in [-0.05, 0) is 23.8 Å². The Balaban J connectivity index is 1.39. The average Bonchev–Trinajstić information content (AvgIpc) is 3.60. The van der Waals surface area contributed by atoms with Crippen molar-refractivity contribution in [3.05, 3.63) is 109 Å². The van der Waals surface area contributed by atoms with E-state index in [2.05, 4.69) is 15.5 Å². The average molecular weight is 557 g/mol. The maximum Gasteiger partial charge on any atom is 0.240 e. The Kier molecular flexibility index (Phi) is 7.96. The molecule has 0 aliphatic rings. The van der Waals surface area contributed by atoms with Crippen LogP contribution in [0.25, 0.3) is 22.2 Å². The Bertz CT molecular complexity index is 1670. The number of nitrogens with zero attached hydrogens (tertiary/aromatic N) is 1. The summed E-state index contributed by atoms with van der Waals surface area (Å²) in [5.74, 6) is -1.91. The fraction of sp³-hybridized carbons (Fsp3) is 0.167. The molecule has 5 aromatic rings. The van der Waals surface area contributed by atoms with Crippen molar-refractivity contribution in [1.29, 1.82) is 0 Å². The number of hydrogen-bond donors (Lipinski definition) is 4. The predicted molar refractivity (Wildman–Crippen MR) is 153 cm³/mol. The van der Waals surface area contributed by atoms with Crippen molar-refractivity contribution < 1.29 is 23.6 Å². The zero-order valence-corrected chi connectivity index (χ0v) is 22.5. The number of amides is 2. The van der Waals surface area contributed by atoms with Crippen LogP contribution in [0.1, 0.15) is 11.3 Å². The van der Waals surface area contributed by atoms with E-state index in [1.54, 1.807) is 42.6 Å². The van der Waals surface area contributed by atoms with E-state index < -0.39 is 31.1 Å². The second-order valence-corrected chi connectivity index (χ2v) is 12.0. The number of fused-ring (bicyclic) bond motifs is 1. The molecule has 40 heavy (non-hydrogen) atoms. The topological polar surface area (TPSA) is 151 Å². The van der Waals surface area contributed by atoms with Crippen LogP contribution < -0.4 is 16.4 Å². The largest absolute Gasteiger partial charge is 0.368 e. The third-order valence-corrected chi connectivity index (χ3v) is 8.87. The lowest BCUT2D eigenvalue weighted by Gasteiger charge is -2.22. The zero-order valence-electron chi connectivity index (χ0n) is 21.6. The number of para-hydroxylation sites is 1. The smallest absolute Gasteiger partial charge is 0.240 e. The Hall–Kier alpha value is -4.46. The highest BCUT2D eigenvalue weighted by Crippen LogP contribution is 2.42. The summed E-state index contributed by atoms with van der Waals surface area (Å²) in [4.78, 5) is 40.2. The van der Waals surface area contributed by atoms with Gasteiger partial charge in [-0.3, -0.25) is 14.2 Å². The number of hydrogen-bond acceptors (Lipinski definition) is 5. The van der Waals surface area contributed by atoms with Crippen molar-refractivity contribution in [1.82, 2.24) is 15.5 Å². The van der Waals surface area contributed by atoms with Crippen molar-refractivity contribution >= 4 is 35.4 Å². The van der Waals surface area contributed by atoms with Crippen molar-refractivity contribution in [2.75, 3.05) is 6.16 Å². The first-order valence-electron chi connectivity index (χ1n) is 12.8. The summed E-state index contributed by atoms with van der Waals surface area (Å²) in [7, 11) is -3.94. The van der Waals surface area contributed by atoms with Crippen LogP contribution in [0.5, 0.6) is 0 Å². The van der Waals surface area contributed by atoms with E-state index in [1.807, 2.05) is 54.6 Å². The van der Waals surface area contributed by atoms with Gasteiger partial charge in [0.15, 0.2) is 0 Å². The van der Waals surface area contributed by atoms with Crippen LogP contribution in [0, 0.1) is 5.92 Å². The van der Waals surface area contributed by atoms with E-state index in [9.17, 15) is 19.0 Å². The molecule has 5 N–H and O–H groups in total. The number of benzene rings is 3. The van der Waals surface area contributed by atoms with Gasteiger partial charge in [-0.2, -0.15) is 0 Å². The second-order valence-electron chi connectivity index (χ2n) is 9.69. The number of H-pyrrole nitrogens is 1. The molecule has 204 valence electrons. The molecule has 2 aromatic heterocycles. The molecule has 0 aliphatic carbocycles. The first-order valence-corrected chi connectivity index (χ1v) is 14.7. The van der Waals surface area contributed by atoms with Gasteiger partial charge in [-0.25, -0.2) is 0 Å². The van der Waals surface area contributed by atoms with Crippen LogP contribution in [0.15, 0.2) is 102 Å². The van der Waals surface area contributed by atoms with Gasteiger partial charge in [0.25, 0.3) is 0 Å². The quantitative estimate of drug-likeness (QED) is 0.182. The number of rotatable bonds is 11. The number of aromatic nitrogens is 2. The Morgan fingerprint density at radius 1 is 0.975 bits per heavy atom. The van der Waals surface area contributed by atoms with Crippen LogP contribution in [-0.2, 0) is 27.0 Å². The van der Waals surface area contributed by atoms with Crippen molar-refractivity contribution in [3.63, 3.8) is 0 Å². The Morgan fingerprint density at radius 3 is 2.38 bits per heavy atom. The highest BCUT2D eigenvalue weighted by molar-refractivity contribution is 7.66. The Morgan fingerprint density at radius 2 is 1.65 bits per heavy atom. The molecule has 2 heterocycles. The van der Waals surface area contributed by atoms with Crippen LogP contribution in [0.4, 0.5) is 0 Å². The third kappa shape index (κ3) is 6.22. The molecular weight excluding hydrogens is 527 g/mol. The van der Waals surface area contributed by atoms with E-state index in [0.29, 0.717) is 11.5 Å². The lowest BCUT2D eigenvalue weighted by molar-refractivity contribution is -0.129. The van der Waals surface area contributed by atoms with E-state index in [-0.39, 0.29) is 24.3 Å². The maximum absolute atomic E-state index is 13.6. The van der Waals surface area contributed by atoms with Gasteiger partial charge < -0.3 is 25.5 Å². The molecule has 0 spiro atoms. The monoisotopic (exact) mass is 556 g/mol. The summed E-state index contributed by atoms with van der Waals surface area (Å²) in [5, 5.41) is 7.99. The standard InChI is InChI=1S/C30H29N4O5P/c31-29(35)28(16-21-18-32-26-14-8-7-13-25(21)26)33-30(36)22(19-40(37,38)24-11-5-2-6-12-24)15-23-17-27(34-39-23)20-9-3-1-4-10-20/h1-14,17-18,22,28,32H,15-16,19H2,(H2,31,35)(H,33,36)(H,37,38)/t22-,28+/m1/s1. The van der Waals surface area contributed by atoms with E-state index in [4.69, 9.17) is 10.3 Å². The molecule has 0 radical (unpaired) electrons. The first-order chi connectivity index (χ1) is 19.3. The molecule has 9 nitrogen and oxygen atoms in total. The number of nitrogens with two attached hydrogens (primary N) is 1. The van der Waals surface area contributed by atoms with Crippen molar-refractivity contribution in [3.8, 4) is 11.3 Å². The highest BCUT2D eigenvalue weighted by atomic mass is 31.2. The van der Waals surface area contributed by atoms with E-state index in [1.165, 1.54) is 0 Å². The van der Waals surface area contributed by atoms with Gasteiger partial charge in [0.1, 0.15) is 17.5 Å². The molecule has 0 saturated carbocycles. The first kappa shape index (κ1) is 27.1. The number of primary amides is 1. The molecule has 3 aromatic carbocycles. The fourth-order valence-corrected chi connectivity index (χ4v) is 6.48. The molecule has 0 fully saturated rings. The molecule has 5 rings (SSSR count). The minimum Gasteiger partial charge on any atom is -0.368 e. The van der Waals surface area contributed by atoms with Gasteiger partial charge in [-0.15, -0.1) is 0 Å². The van der Waals surface area contributed by atoms with E-state index in [0.717, 1.165) is 22.0 Å². The van der Waals surface area contributed by atoms with Gasteiger partial charge in [-0.1, -0.05) is 71.9 Å². The molecule has 2 amide bonds. The SMILES string of the molecule is NC(=O)[C@H](Cc1c[nH]c2ccccc12)NC(=O)[C@H](Cc1cc(-c2ccccc2)no1)CP(=O)(O)c1ccccc1. The molecule has 3 atom stereocenters. The summed E-state index contributed by atoms with van der Waals surface area (Å²) in [6.07, 6.45) is 1.58. The van der Waals surface area contributed by atoms with Gasteiger partial charge in [0, 0.05) is 53.0 Å². The molecule has 1 unspecified atom stereocenters. The lowest BCUT2D eigenvalue weighted by atomic mass is 10.0. The summed E-state index contributed by atoms with van der Waals surface area (Å²) >= 11 is 0. The van der Waals surface area contributed by atoms with Crippen LogP contribution >= 0.6 is 7.37 Å².